The summed E-state index contributed by atoms with van der Waals surface area (Å²) in [5, 5.41) is 19.8. The molecule has 3 aromatic carbocycles. The molecule has 33 heavy (non-hydrogen) atoms. The number of phenols is 2. The third-order valence-electron chi connectivity index (χ3n) is 5.52. The number of Topliss-reactive ketones (excluding diaryl/α,β-unsaturated/α-hetero) is 1. The molecule has 2 N–H and O–H groups in total. The standard InChI is InChI=1S/C27H25NO5/c1-32-25-14-18(8-10-23(25)29)12-20-16-28(22-6-4-3-5-7-22)17-21(27(20)31)13-19-9-11-24(30)26(15-19)33-2/h3-15,29-30H,16-17H2,1-2H3/b20-12-,21-13+. The summed E-state index contributed by atoms with van der Waals surface area (Å²) in [6, 6.07) is 19.9. The summed E-state index contributed by atoms with van der Waals surface area (Å²) >= 11 is 0. The Hall–Kier alpha value is -4.19. The summed E-state index contributed by atoms with van der Waals surface area (Å²) in [5.41, 5.74) is 3.76. The minimum atomic E-state index is -0.0544. The van der Waals surface area contributed by atoms with Gasteiger partial charge in [0.05, 0.1) is 14.2 Å². The van der Waals surface area contributed by atoms with Gasteiger partial charge < -0.3 is 24.6 Å². The molecule has 0 radical (unpaired) electrons. The van der Waals surface area contributed by atoms with Crippen molar-refractivity contribution in [1.29, 1.82) is 0 Å². The molecule has 0 amide bonds. The monoisotopic (exact) mass is 443 g/mol. The normalized spacial score (nSPS) is 16.3. The number of ketones is 1. The maximum absolute atomic E-state index is 13.4. The molecular formula is C27H25NO5. The Morgan fingerprint density at radius 1 is 0.758 bits per heavy atom. The lowest BCUT2D eigenvalue weighted by molar-refractivity contribution is -0.112. The van der Waals surface area contributed by atoms with Crippen LogP contribution in [-0.4, -0.2) is 43.3 Å². The van der Waals surface area contributed by atoms with E-state index in [-0.39, 0.29) is 17.3 Å². The minimum absolute atomic E-state index is 0.0439. The van der Waals surface area contributed by atoms with Crippen molar-refractivity contribution in [3.05, 3.63) is 89.0 Å². The Balaban J connectivity index is 1.76. The van der Waals surface area contributed by atoms with E-state index in [1.54, 1.807) is 36.4 Å². The van der Waals surface area contributed by atoms with E-state index < -0.39 is 0 Å². The van der Waals surface area contributed by atoms with E-state index in [0.717, 1.165) is 16.8 Å². The highest BCUT2D eigenvalue weighted by Gasteiger charge is 2.26. The van der Waals surface area contributed by atoms with Crippen LogP contribution in [0.15, 0.2) is 77.9 Å². The van der Waals surface area contributed by atoms with Gasteiger partial charge in [-0.25, -0.2) is 0 Å². The number of anilines is 1. The first kappa shape index (κ1) is 22.0. The van der Waals surface area contributed by atoms with Crippen LogP contribution in [-0.2, 0) is 4.79 Å². The lowest BCUT2D eigenvalue weighted by Gasteiger charge is -2.31. The first-order valence-corrected chi connectivity index (χ1v) is 10.5. The Bertz CT molecular complexity index is 1160. The highest BCUT2D eigenvalue weighted by Crippen LogP contribution is 2.31. The van der Waals surface area contributed by atoms with Gasteiger partial charge in [0.15, 0.2) is 28.8 Å². The van der Waals surface area contributed by atoms with E-state index in [9.17, 15) is 15.0 Å². The number of nitrogens with zero attached hydrogens (tertiary/aromatic N) is 1. The summed E-state index contributed by atoms with van der Waals surface area (Å²) in [4.78, 5) is 15.6. The third kappa shape index (κ3) is 4.85. The highest BCUT2D eigenvalue weighted by molar-refractivity contribution is 6.15. The largest absolute Gasteiger partial charge is 0.504 e. The van der Waals surface area contributed by atoms with E-state index in [2.05, 4.69) is 4.90 Å². The van der Waals surface area contributed by atoms with Gasteiger partial charge in [0.1, 0.15) is 0 Å². The first-order chi connectivity index (χ1) is 16.0. The highest BCUT2D eigenvalue weighted by atomic mass is 16.5. The van der Waals surface area contributed by atoms with Crippen molar-refractivity contribution in [2.75, 3.05) is 32.2 Å². The van der Waals surface area contributed by atoms with E-state index in [0.29, 0.717) is 35.7 Å². The van der Waals surface area contributed by atoms with Gasteiger partial charge in [-0.2, -0.15) is 0 Å². The molecule has 0 unspecified atom stereocenters. The lowest BCUT2D eigenvalue weighted by Crippen LogP contribution is -2.37. The second kappa shape index (κ2) is 9.53. The summed E-state index contributed by atoms with van der Waals surface area (Å²) in [6.07, 6.45) is 3.65. The number of para-hydroxylation sites is 1. The molecule has 6 heteroatoms. The first-order valence-electron chi connectivity index (χ1n) is 10.5. The van der Waals surface area contributed by atoms with Crippen LogP contribution < -0.4 is 14.4 Å². The second-order valence-corrected chi connectivity index (χ2v) is 7.72. The predicted molar refractivity (Wildman–Crippen MR) is 129 cm³/mol. The Labute approximate surface area is 192 Å². The van der Waals surface area contributed by atoms with Crippen LogP contribution in [0.5, 0.6) is 23.0 Å². The van der Waals surface area contributed by atoms with Crippen molar-refractivity contribution in [3.8, 4) is 23.0 Å². The summed E-state index contributed by atoms with van der Waals surface area (Å²) < 4.78 is 10.4. The zero-order valence-electron chi connectivity index (χ0n) is 18.5. The van der Waals surface area contributed by atoms with Gasteiger partial charge in [-0.05, 0) is 59.7 Å². The molecule has 1 fully saturated rings. The average molecular weight is 443 g/mol. The molecule has 0 spiro atoms. The number of methoxy groups -OCH3 is 2. The zero-order chi connectivity index (χ0) is 23.4. The van der Waals surface area contributed by atoms with Gasteiger partial charge in [0.25, 0.3) is 0 Å². The van der Waals surface area contributed by atoms with Gasteiger partial charge in [-0.1, -0.05) is 30.3 Å². The number of hydrogen-bond acceptors (Lipinski definition) is 6. The molecule has 1 aliphatic heterocycles. The number of benzene rings is 3. The number of aromatic hydroxyl groups is 2. The molecule has 0 bridgehead atoms. The van der Waals surface area contributed by atoms with Gasteiger partial charge in [-0.3, -0.25) is 4.79 Å². The molecule has 0 atom stereocenters. The Kier molecular flexibility index (Phi) is 6.36. The van der Waals surface area contributed by atoms with Crippen molar-refractivity contribution < 1.29 is 24.5 Å². The molecule has 0 saturated carbocycles. The van der Waals surface area contributed by atoms with E-state index in [1.165, 1.54) is 14.2 Å². The maximum Gasteiger partial charge on any atom is 0.188 e. The number of piperidine rings is 1. The number of rotatable bonds is 5. The van der Waals surface area contributed by atoms with E-state index in [4.69, 9.17) is 9.47 Å². The quantitative estimate of drug-likeness (QED) is 0.558. The van der Waals surface area contributed by atoms with Crippen LogP contribution in [0.3, 0.4) is 0 Å². The minimum Gasteiger partial charge on any atom is -0.504 e. The molecule has 1 aliphatic rings. The second-order valence-electron chi connectivity index (χ2n) is 7.72. The van der Waals surface area contributed by atoms with Gasteiger partial charge >= 0.3 is 0 Å². The number of ether oxygens (including phenoxy) is 2. The lowest BCUT2D eigenvalue weighted by atomic mass is 9.93. The smallest absolute Gasteiger partial charge is 0.188 e. The van der Waals surface area contributed by atoms with Crippen LogP contribution >= 0.6 is 0 Å². The molecule has 0 aromatic heterocycles. The maximum atomic E-state index is 13.4. The fraction of sp³-hybridized carbons (Fsp3) is 0.148. The third-order valence-corrected chi connectivity index (χ3v) is 5.52. The van der Waals surface area contributed by atoms with Crippen LogP contribution in [0, 0.1) is 0 Å². The average Bonchev–Trinajstić information content (AvgIpc) is 2.84. The van der Waals surface area contributed by atoms with Crippen LogP contribution in [0.25, 0.3) is 12.2 Å². The van der Waals surface area contributed by atoms with Crippen molar-refractivity contribution in [2.24, 2.45) is 0 Å². The number of hydrogen-bond donors (Lipinski definition) is 2. The van der Waals surface area contributed by atoms with Crippen molar-refractivity contribution in [1.82, 2.24) is 0 Å². The molecule has 4 rings (SSSR count). The van der Waals surface area contributed by atoms with E-state index >= 15 is 0 Å². The summed E-state index contributed by atoms with van der Waals surface area (Å²) in [5.74, 6) is 0.727. The molecule has 168 valence electrons. The van der Waals surface area contributed by atoms with Crippen LogP contribution in [0.1, 0.15) is 11.1 Å². The molecule has 1 heterocycles. The fourth-order valence-corrected chi connectivity index (χ4v) is 3.83. The van der Waals surface area contributed by atoms with Gasteiger partial charge in [0, 0.05) is 29.9 Å². The summed E-state index contributed by atoms with van der Waals surface area (Å²) in [6.45, 7) is 0.893. The SMILES string of the molecule is COc1cc(/C=C2/CN(c3ccccc3)C/C(=C\c3ccc(O)c(OC)c3)C2=O)ccc1O. The van der Waals surface area contributed by atoms with Crippen molar-refractivity contribution in [3.63, 3.8) is 0 Å². The molecule has 6 nitrogen and oxygen atoms in total. The Morgan fingerprint density at radius 3 is 1.70 bits per heavy atom. The molecule has 0 aliphatic carbocycles. The number of carbonyl (C=O) groups is 1. The summed E-state index contributed by atoms with van der Waals surface area (Å²) in [7, 11) is 2.98. The molecule has 1 saturated heterocycles. The van der Waals surface area contributed by atoms with Crippen LogP contribution in [0.4, 0.5) is 5.69 Å². The van der Waals surface area contributed by atoms with Gasteiger partial charge in [-0.15, -0.1) is 0 Å². The number of carbonyl (C=O) groups excluding carboxylic acids is 1. The van der Waals surface area contributed by atoms with Crippen LogP contribution in [0.2, 0.25) is 0 Å². The van der Waals surface area contributed by atoms with E-state index in [1.807, 2.05) is 42.5 Å². The molecular weight excluding hydrogens is 418 g/mol. The van der Waals surface area contributed by atoms with Crippen molar-refractivity contribution in [2.45, 2.75) is 0 Å². The zero-order valence-corrected chi connectivity index (χ0v) is 18.5. The Morgan fingerprint density at radius 2 is 1.24 bits per heavy atom. The fourth-order valence-electron chi connectivity index (χ4n) is 3.83. The molecule has 3 aromatic rings. The number of phenolic OH excluding ortho intramolecular Hbond substituents is 2. The topological polar surface area (TPSA) is 79.2 Å². The predicted octanol–water partition coefficient (Wildman–Crippen LogP) is 4.67. The van der Waals surface area contributed by atoms with Crippen molar-refractivity contribution >= 4 is 23.6 Å². The van der Waals surface area contributed by atoms with Gasteiger partial charge in [0.2, 0.25) is 0 Å².